The van der Waals surface area contributed by atoms with Gasteiger partial charge < -0.3 is 35.3 Å². The molecule has 3 N–H and O–H groups in total. The molecule has 0 aromatic heterocycles. The van der Waals surface area contributed by atoms with Gasteiger partial charge in [0.2, 0.25) is 0 Å². The fraction of sp³-hybridized carbons (Fsp3) is 1.00. The third-order valence-corrected chi connectivity index (χ3v) is 22.2. The zero-order valence-corrected chi connectivity index (χ0v) is 65.9. The number of rotatable bonds is 17. The van der Waals surface area contributed by atoms with Crippen LogP contribution in [-0.4, -0.2) is 275 Å². The SMILES string of the molecule is CC(C)C1CCN(C(C)C)CC1.CC(C)N1CC2CC1CN2C(C)C.CC(C)N1CCC(O)(C(C)C)CC1.CC(C)N1CCCN(C(C)C)CC1.CC(C)N1CCN(C(C)C)CC1.CC(C)NC1CCN(C(C)C)CC1.CC(C)NCC1CCN(C(C)C)CC1. The van der Waals surface area contributed by atoms with Crippen molar-refractivity contribution < 1.29 is 5.11 Å². The van der Waals surface area contributed by atoms with Crippen LogP contribution < -0.4 is 10.6 Å². The first kappa shape index (κ1) is 85.6. The zero-order valence-electron chi connectivity index (χ0n) is 65.9. The van der Waals surface area contributed by atoms with E-state index >= 15 is 0 Å². The van der Waals surface area contributed by atoms with Gasteiger partial charge in [-0.05, 0) is 285 Å². The van der Waals surface area contributed by atoms with Gasteiger partial charge in [0.25, 0.3) is 0 Å². The van der Waals surface area contributed by atoms with E-state index in [-0.39, 0.29) is 0 Å². The van der Waals surface area contributed by atoms with Gasteiger partial charge in [-0.1, -0.05) is 55.4 Å². The smallest absolute Gasteiger partial charge is 0.0694 e. The second-order valence-corrected chi connectivity index (χ2v) is 33.5. The lowest BCUT2D eigenvalue weighted by Gasteiger charge is -2.42. The summed E-state index contributed by atoms with van der Waals surface area (Å²) in [4.78, 5) is 25.8. The summed E-state index contributed by atoms with van der Waals surface area (Å²) in [6.45, 7) is 87.4. The molecular weight excluding hydrogens is 1110 g/mol. The van der Waals surface area contributed by atoms with Crippen LogP contribution in [0.4, 0.5) is 0 Å². The van der Waals surface area contributed by atoms with Crippen LogP contribution in [0.5, 0.6) is 0 Å². The first-order valence-electron chi connectivity index (χ1n) is 38.7. The first-order valence-corrected chi connectivity index (χ1v) is 38.7. The molecule has 0 spiro atoms. The van der Waals surface area contributed by atoms with Crippen molar-refractivity contribution in [3.8, 4) is 0 Å². The highest BCUT2D eigenvalue weighted by atomic mass is 16.3. The second kappa shape index (κ2) is 44.4. The molecule has 2 bridgehead atoms. The Morgan fingerprint density at radius 1 is 0.344 bits per heavy atom. The second-order valence-electron chi connectivity index (χ2n) is 33.5. The fourth-order valence-electron chi connectivity index (χ4n) is 15.0. The van der Waals surface area contributed by atoms with Crippen molar-refractivity contribution in [2.45, 2.75) is 354 Å². The maximum Gasteiger partial charge on any atom is 0.0694 e. The molecule has 538 valence electrons. The molecule has 8 fully saturated rings. The highest BCUT2D eigenvalue weighted by molar-refractivity contribution is 5.01. The number of nitrogens with zero attached hydrogens (tertiary/aromatic N) is 10. The van der Waals surface area contributed by atoms with Crippen LogP contribution in [0.1, 0.15) is 258 Å². The average Bonchev–Trinajstić information content (AvgIpc) is 1.80. The molecule has 8 heterocycles. The number of aliphatic hydroxyl groups is 1. The Kier molecular flexibility index (Phi) is 42.2. The summed E-state index contributed by atoms with van der Waals surface area (Å²) in [5.74, 6) is 3.17. The maximum atomic E-state index is 10.2. The van der Waals surface area contributed by atoms with Crippen molar-refractivity contribution in [2.75, 3.05) is 124 Å². The Morgan fingerprint density at radius 3 is 0.922 bits per heavy atom. The Balaban J connectivity index is 0.000000358. The number of hydrogen-bond donors (Lipinski definition) is 3. The maximum absolute atomic E-state index is 10.2. The van der Waals surface area contributed by atoms with Gasteiger partial charge in [-0.25, -0.2) is 0 Å². The molecule has 2 atom stereocenters. The molecule has 8 rings (SSSR count). The molecule has 8 aliphatic rings. The van der Waals surface area contributed by atoms with Gasteiger partial charge in [0, 0.05) is 156 Å². The van der Waals surface area contributed by atoms with Gasteiger partial charge >= 0.3 is 0 Å². The Bertz CT molecular complexity index is 1610. The molecule has 0 aromatic rings. The molecule has 0 amide bonds. The monoisotopic (exact) mass is 1270 g/mol. The Labute approximate surface area is 564 Å². The van der Waals surface area contributed by atoms with E-state index in [0.29, 0.717) is 36.1 Å². The molecule has 8 saturated heterocycles. The van der Waals surface area contributed by atoms with E-state index in [9.17, 15) is 5.11 Å². The van der Waals surface area contributed by atoms with Crippen molar-refractivity contribution in [3.63, 3.8) is 0 Å². The average molecular weight is 1270 g/mol. The van der Waals surface area contributed by atoms with Crippen molar-refractivity contribution in [3.05, 3.63) is 0 Å². The van der Waals surface area contributed by atoms with E-state index < -0.39 is 5.60 Å². The van der Waals surface area contributed by atoms with Gasteiger partial charge in [-0.2, -0.15) is 0 Å². The van der Waals surface area contributed by atoms with Crippen LogP contribution in [-0.2, 0) is 0 Å². The molecule has 0 aromatic carbocycles. The Morgan fingerprint density at radius 2 is 0.644 bits per heavy atom. The third-order valence-electron chi connectivity index (χ3n) is 22.2. The van der Waals surface area contributed by atoms with Crippen molar-refractivity contribution >= 4 is 0 Å². The summed E-state index contributed by atoms with van der Waals surface area (Å²) in [7, 11) is 0. The highest BCUT2D eigenvalue weighted by Crippen LogP contribution is 2.34. The standard InChI is InChI=1S/C12H26N2.C11H22N2.2C11H24N2.C11H23NO.C11H23N.C10H22N2/c1-10(2)13-9-12-5-7-14(8-6-12)11(3)4;1-8(2)12-6-11-5-10(12)7-13(11)9(3)4;1-9(2)12-11-5-7-13(8-6-11)10(3)4;1-10(2)12-6-5-7-13(9-8-12)11(3)4;1-9(2)11(13)5-7-12(8-6-11)10(3)4;2*1-9(2)11-5-7-12(8-6-11)10(3)4/h10-13H,5-9H2,1-4H3;8-11H,5-7H2,1-4H3;9-12H,5-8H2,1-4H3;10-11H,5-9H2,1-4H3;9-10,13H,5-8H2,1-4H3;9-11H,5-8H2,1-4H3;9-10H,5-8H2,1-4H3. The lowest BCUT2D eigenvalue weighted by atomic mass is 9.81. The van der Waals surface area contributed by atoms with Crippen LogP contribution in [0.25, 0.3) is 0 Å². The lowest BCUT2D eigenvalue weighted by Crippen LogP contribution is -2.50. The molecule has 8 aliphatic heterocycles. The number of hydrogen-bond acceptors (Lipinski definition) is 13. The van der Waals surface area contributed by atoms with Crippen LogP contribution in [0, 0.1) is 23.7 Å². The summed E-state index contributed by atoms with van der Waals surface area (Å²) in [5.41, 5.74) is -0.397. The number of fused-ring (bicyclic) bond motifs is 2. The molecule has 0 saturated carbocycles. The minimum Gasteiger partial charge on any atom is -0.390 e. The van der Waals surface area contributed by atoms with Crippen molar-refractivity contribution in [1.29, 1.82) is 0 Å². The summed E-state index contributed by atoms with van der Waals surface area (Å²) >= 11 is 0. The predicted octanol–water partition coefficient (Wildman–Crippen LogP) is 13.4. The molecule has 13 nitrogen and oxygen atoms in total. The van der Waals surface area contributed by atoms with Gasteiger partial charge in [0.15, 0.2) is 0 Å². The third kappa shape index (κ3) is 32.7. The van der Waals surface area contributed by atoms with Crippen LogP contribution in [0.2, 0.25) is 0 Å². The van der Waals surface area contributed by atoms with Crippen molar-refractivity contribution in [2.24, 2.45) is 23.7 Å². The van der Waals surface area contributed by atoms with Gasteiger partial charge in [-0.15, -0.1) is 0 Å². The molecule has 2 unspecified atom stereocenters. The zero-order chi connectivity index (χ0) is 68.2. The summed E-state index contributed by atoms with van der Waals surface area (Å²) in [5, 5.41) is 17.4. The van der Waals surface area contributed by atoms with E-state index in [1.807, 2.05) is 0 Å². The Hall–Kier alpha value is -0.520. The summed E-state index contributed by atoms with van der Waals surface area (Å²) in [6.07, 6.45) is 12.8. The topological polar surface area (TPSA) is 76.7 Å². The first-order chi connectivity index (χ1) is 42.1. The van der Waals surface area contributed by atoms with E-state index in [2.05, 4.69) is 253 Å². The van der Waals surface area contributed by atoms with Gasteiger partial charge in [-0.3, -0.25) is 29.4 Å². The van der Waals surface area contributed by atoms with E-state index in [1.54, 1.807) is 0 Å². The van der Waals surface area contributed by atoms with E-state index in [1.165, 1.54) is 163 Å². The number of nitrogens with one attached hydrogen (secondary N) is 2. The largest absolute Gasteiger partial charge is 0.390 e. The van der Waals surface area contributed by atoms with Crippen LogP contribution >= 0.6 is 0 Å². The number of piperidine rings is 4. The molecular formula is C77H164N12O. The van der Waals surface area contributed by atoms with Crippen LogP contribution in [0.3, 0.4) is 0 Å². The minimum atomic E-state index is -0.397. The molecule has 90 heavy (non-hydrogen) atoms. The van der Waals surface area contributed by atoms with E-state index in [4.69, 9.17) is 0 Å². The molecule has 0 aliphatic carbocycles. The predicted molar refractivity (Wildman–Crippen MR) is 398 cm³/mol. The van der Waals surface area contributed by atoms with E-state index in [0.717, 1.165) is 104 Å². The number of likely N-dealkylation sites (tertiary alicyclic amines) is 6. The van der Waals surface area contributed by atoms with Gasteiger partial charge in [0.1, 0.15) is 0 Å². The number of piperazine rings is 2. The minimum absolute atomic E-state index is 0.391. The molecule has 13 heteroatoms. The summed E-state index contributed by atoms with van der Waals surface area (Å²) < 4.78 is 0. The molecule has 0 radical (unpaired) electrons. The fourth-order valence-corrected chi connectivity index (χ4v) is 15.0. The lowest BCUT2D eigenvalue weighted by molar-refractivity contribution is -0.0613. The highest BCUT2D eigenvalue weighted by Gasteiger charge is 2.44. The quantitative estimate of drug-likeness (QED) is 0.130. The van der Waals surface area contributed by atoms with Crippen LogP contribution in [0.15, 0.2) is 0 Å². The summed E-state index contributed by atoms with van der Waals surface area (Å²) in [6, 6.07) is 10.9. The van der Waals surface area contributed by atoms with Gasteiger partial charge in [0.05, 0.1) is 5.60 Å². The van der Waals surface area contributed by atoms with Crippen molar-refractivity contribution in [1.82, 2.24) is 59.6 Å². The normalized spacial score (nSPS) is 24.3.